The van der Waals surface area contributed by atoms with Crippen LogP contribution in [0.3, 0.4) is 0 Å². The van der Waals surface area contributed by atoms with E-state index in [2.05, 4.69) is 0 Å². The minimum Gasteiger partial charge on any atom is -0.399 e. The molecule has 0 aliphatic rings. The van der Waals surface area contributed by atoms with Crippen molar-refractivity contribution in [3.05, 3.63) is 33.9 Å². The molecular weight excluding hydrogens is 174 g/mol. The number of rotatable bonds is 0. The molecule has 0 unspecified atom stereocenters. The summed E-state index contributed by atoms with van der Waals surface area (Å²) in [5, 5.41) is 13.6. The fourth-order valence-electron chi connectivity index (χ4n) is 0.659. The van der Waals surface area contributed by atoms with Crippen molar-refractivity contribution >= 4 is 11.4 Å². The van der Waals surface area contributed by atoms with Gasteiger partial charge in [0.2, 0.25) is 0 Å². The van der Waals surface area contributed by atoms with Gasteiger partial charge in [0.25, 0.3) is 5.09 Å². The van der Waals surface area contributed by atoms with Crippen LogP contribution >= 0.6 is 0 Å². The molecule has 0 heterocycles. The first kappa shape index (κ1) is 11.0. The van der Waals surface area contributed by atoms with E-state index in [0.717, 1.165) is 16.9 Å². The molecule has 72 valence electrons. The lowest BCUT2D eigenvalue weighted by Gasteiger charge is -1.98. The molecule has 0 bridgehead atoms. The maximum Gasteiger partial charge on any atom is 0.291 e. The molecule has 0 saturated carbocycles. The first-order valence-electron chi connectivity index (χ1n) is 3.38. The molecule has 0 spiro atoms. The Kier molecular flexibility index (Phi) is 4.08. The van der Waals surface area contributed by atoms with Gasteiger partial charge in [-0.3, -0.25) is 0 Å². The molecule has 0 saturated heterocycles. The van der Waals surface area contributed by atoms with Gasteiger partial charge in [-0.2, -0.15) is 0 Å². The summed E-state index contributed by atoms with van der Waals surface area (Å²) < 4.78 is 0. The Morgan fingerprint density at radius 3 is 2.23 bits per heavy atom. The molecule has 0 aromatic heterocycles. The van der Waals surface area contributed by atoms with E-state index in [0.29, 0.717) is 0 Å². The lowest BCUT2D eigenvalue weighted by Crippen LogP contribution is -1.91. The standard InChI is InChI=1S/C7H10N2.HNO3/c1-5-2-3-6(8)4-7(5)9;2-1(3)4/h2-4H,8-9H2,1H3;(H,2,3,4). The molecule has 0 aliphatic carbocycles. The van der Waals surface area contributed by atoms with Crippen molar-refractivity contribution in [1.82, 2.24) is 0 Å². The molecule has 6 nitrogen and oxygen atoms in total. The predicted octanol–water partition coefficient (Wildman–Crippen LogP) is 0.812. The highest BCUT2D eigenvalue weighted by Gasteiger charge is 1.90. The van der Waals surface area contributed by atoms with Crippen molar-refractivity contribution < 1.29 is 10.3 Å². The molecule has 13 heavy (non-hydrogen) atoms. The zero-order valence-corrected chi connectivity index (χ0v) is 7.10. The van der Waals surface area contributed by atoms with E-state index >= 15 is 0 Å². The summed E-state index contributed by atoms with van der Waals surface area (Å²) >= 11 is 0. The van der Waals surface area contributed by atoms with Crippen LogP contribution in [0.15, 0.2) is 18.2 Å². The van der Waals surface area contributed by atoms with Gasteiger partial charge in [-0.25, -0.2) is 0 Å². The monoisotopic (exact) mass is 185 g/mol. The van der Waals surface area contributed by atoms with E-state index in [1.807, 2.05) is 19.1 Å². The highest BCUT2D eigenvalue weighted by Crippen LogP contribution is 2.13. The Balaban J connectivity index is 0.000000310. The molecule has 5 N–H and O–H groups in total. The first-order chi connectivity index (χ1) is 5.93. The average molecular weight is 185 g/mol. The van der Waals surface area contributed by atoms with E-state index < -0.39 is 5.09 Å². The second kappa shape index (κ2) is 4.81. The largest absolute Gasteiger partial charge is 0.399 e. The van der Waals surface area contributed by atoms with E-state index in [4.69, 9.17) is 26.8 Å². The number of benzene rings is 1. The third-order valence-electron chi connectivity index (χ3n) is 1.30. The summed E-state index contributed by atoms with van der Waals surface area (Å²) in [6.45, 7) is 1.95. The predicted molar refractivity (Wildman–Crippen MR) is 48.8 cm³/mol. The second-order valence-electron chi connectivity index (χ2n) is 2.35. The van der Waals surface area contributed by atoms with Gasteiger partial charge < -0.3 is 16.7 Å². The molecular formula is C7H11N3O3. The number of nitrogens with zero attached hydrogens (tertiary/aromatic N) is 1. The zero-order chi connectivity index (χ0) is 10.4. The maximum absolute atomic E-state index is 8.36. The van der Waals surface area contributed by atoms with Gasteiger partial charge >= 0.3 is 0 Å². The van der Waals surface area contributed by atoms with E-state index in [1.165, 1.54) is 0 Å². The quantitative estimate of drug-likeness (QED) is 0.314. The van der Waals surface area contributed by atoms with Crippen molar-refractivity contribution in [2.75, 3.05) is 11.5 Å². The van der Waals surface area contributed by atoms with Crippen LogP contribution in [0.5, 0.6) is 0 Å². The number of hydrogen-bond donors (Lipinski definition) is 3. The normalized spacial score (nSPS) is 8.38. The van der Waals surface area contributed by atoms with Crippen LogP contribution in [0.1, 0.15) is 5.56 Å². The fourth-order valence-corrected chi connectivity index (χ4v) is 0.659. The summed E-state index contributed by atoms with van der Waals surface area (Å²) in [6.07, 6.45) is 0. The molecule has 0 radical (unpaired) electrons. The minimum atomic E-state index is -1.50. The van der Waals surface area contributed by atoms with Gasteiger partial charge in [-0.1, -0.05) is 6.07 Å². The number of anilines is 2. The van der Waals surface area contributed by atoms with Crippen LogP contribution in [0.4, 0.5) is 11.4 Å². The minimum absolute atomic E-state index is 0.720. The Bertz CT molecular complexity index is 297. The van der Waals surface area contributed by atoms with Crippen molar-refractivity contribution in [3.63, 3.8) is 0 Å². The smallest absolute Gasteiger partial charge is 0.291 e. The van der Waals surface area contributed by atoms with Gasteiger partial charge in [0, 0.05) is 11.4 Å². The lowest BCUT2D eigenvalue weighted by atomic mass is 10.2. The summed E-state index contributed by atoms with van der Waals surface area (Å²) in [4.78, 5) is 8.36. The van der Waals surface area contributed by atoms with Crippen LogP contribution < -0.4 is 11.5 Å². The van der Waals surface area contributed by atoms with Crippen molar-refractivity contribution in [2.45, 2.75) is 6.92 Å². The summed E-state index contributed by atoms with van der Waals surface area (Å²) in [6, 6.07) is 5.51. The van der Waals surface area contributed by atoms with Gasteiger partial charge in [-0.15, -0.1) is 10.1 Å². The third kappa shape index (κ3) is 5.31. The van der Waals surface area contributed by atoms with E-state index in [9.17, 15) is 0 Å². The van der Waals surface area contributed by atoms with Crippen LogP contribution in [-0.4, -0.2) is 10.3 Å². The number of nitrogens with two attached hydrogens (primary N) is 2. The number of aryl methyl sites for hydroxylation is 1. The molecule has 1 rings (SSSR count). The topological polar surface area (TPSA) is 115 Å². The molecule has 1 aromatic carbocycles. The SMILES string of the molecule is Cc1ccc(N)cc1N.O=[N+]([O-])O. The van der Waals surface area contributed by atoms with Crippen molar-refractivity contribution in [3.8, 4) is 0 Å². The highest BCUT2D eigenvalue weighted by atomic mass is 16.9. The van der Waals surface area contributed by atoms with Gasteiger partial charge in [0.1, 0.15) is 0 Å². The Morgan fingerprint density at radius 2 is 1.92 bits per heavy atom. The third-order valence-corrected chi connectivity index (χ3v) is 1.30. The van der Waals surface area contributed by atoms with Crippen LogP contribution in [0.2, 0.25) is 0 Å². The summed E-state index contributed by atoms with van der Waals surface area (Å²) in [5.74, 6) is 0. The van der Waals surface area contributed by atoms with Crippen LogP contribution in [0.25, 0.3) is 0 Å². The Labute approximate surface area is 74.9 Å². The Morgan fingerprint density at radius 1 is 1.46 bits per heavy atom. The average Bonchev–Trinajstić information content (AvgIpc) is 1.96. The molecule has 0 fully saturated rings. The van der Waals surface area contributed by atoms with E-state index in [1.54, 1.807) is 6.07 Å². The molecule has 1 aromatic rings. The van der Waals surface area contributed by atoms with E-state index in [-0.39, 0.29) is 0 Å². The number of nitrogen functional groups attached to an aromatic ring is 2. The molecule has 0 amide bonds. The fraction of sp³-hybridized carbons (Fsp3) is 0.143. The molecule has 0 aliphatic heterocycles. The Hall–Kier alpha value is -1.98. The lowest BCUT2D eigenvalue weighted by molar-refractivity contribution is -0.742. The van der Waals surface area contributed by atoms with Gasteiger partial charge in [0.05, 0.1) is 0 Å². The van der Waals surface area contributed by atoms with Crippen molar-refractivity contribution in [1.29, 1.82) is 0 Å². The molecule has 6 heteroatoms. The molecule has 0 atom stereocenters. The van der Waals surface area contributed by atoms with Crippen molar-refractivity contribution in [2.24, 2.45) is 0 Å². The van der Waals surface area contributed by atoms with Gasteiger partial charge in [0.15, 0.2) is 0 Å². The highest BCUT2D eigenvalue weighted by molar-refractivity contribution is 5.55. The second-order valence-corrected chi connectivity index (χ2v) is 2.35. The number of hydrogen-bond acceptors (Lipinski definition) is 4. The first-order valence-corrected chi connectivity index (χ1v) is 3.38. The van der Waals surface area contributed by atoms with Gasteiger partial charge in [-0.05, 0) is 24.6 Å². The van der Waals surface area contributed by atoms with Crippen LogP contribution in [0, 0.1) is 17.0 Å². The summed E-state index contributed by atoms with van der Waals surface area (Å²) in [7, 11) is 0. The zero-order valence-electron chi connectivity index (χ0n) is 7.10. The van der Waals surface area contributed by atoms with Crippen LogP contribution in [-0.2, 0) is 0 Å². The summed E-state index contributed by atoms with van der Waals surface area (Å²) in [5.41, 5.74) is 13.5. The maximum atomic E-state index is 8.36.